The third-order valence-electron chi connectivity index (χ3n) is 4.56. The third kappa shape index (κ3) is 2.94. The van der Waals surface area contributed by atoms with Gasteiger partial charge < -0.3 is 19.3 Å². The molecule has 0 unspecified atom stereocenters. The van der Waals surface area contributed by atoms with Crippen molar-refractivity contribution in [3.8, 4) is 5.69 Å². The molecule has 0 radical (unpaired) electrons. The molecule has 0 saturated heterocycles. The number of fused-ring (bicyclic) bond motifs is 1. The minimum atomic E-state index is -0.604. The summed E-state index contributed by atoms with van der Waals surface area (Å²) in [5.74, 6) is 0.189. The molecule has 0 saturated carbocycles. The molecule has 28 heavy (non-hydrogen) atoms. The number of hydrogen-bond donors (Lipinski definition) is 2. The molecule has 4 rings (SSSR count). The molecule has 0 atom stereocenters. The fourth-order valence-electron chi connectivity index (χ4n) is 3.15. The van der Waals surface area contributed by atoms with Crippen LogP contribution in [0.2, 0.25) is 0 Å². The maximum Gasteiger partial charge on any atom is 0.333 e. The second-order valence-electron chi connectivity index (χ2n) is 6.55. The van der Waals surface area contributed by atoms with Crippen LogP contribution in [-0.4, -0.2) is 20.0 Å². The Morgan fingerprint density at radius 2 is 1.93 bits per heavy atom. The van der Waals surface area contributed by atoms with E-state index in [1.165, 1.54) is 12.5 Å². The van der Waals surface area contributed by atoms with Crippen LogP contribution in [0.25, 0.3) is 16.7 Å². The summed E-state index contributed by atoms with van der Waals surface area (Å²) >= 11 is 0. The Bertz CT molecular complexity index is 1270. The zero-order chi connectivity index (χ0) is 19.8. The van der Waals surface area contributed by atoms with Crippen LogP contribution < -0.4 is 16.6 Å². The lowest BCUT2D eigenvalue weighted by atomic mass is 10.2. The number of rotatable bonds is 4. The number of H-pyrrole nitrogens is 1. The number of aryl methyl sites for hydroxylation is 2. The van der Waals surface area contributed by atoms with Gasteiger partial charge in [-0.25, -0.2) is 9.36 Å². The van der Waals surface area contributed by atoms with Gasteiger partial charge in [0.2, 0.25) is 0 Å². The summed E-state index contributed by atoms with van der Waals surface area (Å²) in [4.78, 5) is 40.9. The Hall–Kier alpha value is -3.81. The van der Waals surface area contributed by atoms with Crippen LogP contribution >= 0.6 is 0 Å². The number of amides is 1. The summed E-state index contributed by atoms with van der Waals surface area (Å²) in [5, 5.41) is 2.72. The van der Waals surface area contributed by atoms with Crippen molar-refractivity contribution in [1.82, 2.24) is 19.4 Å². The van der Waals surface area contributed by atoms with Crippen molar-refractivity contribution in [1.29, 1.82) is 0 Å². The molecule has 3 aromatic heterocycles. The minimum absolute atomic E-state index is 0.201. The standard InChI is InChI=1S/C20H18N4O4/c1-12-5-7-13(8-6-12)24-19(26)17-16(22-20(24)27)15(11-23(17)2)18(25)21-10-14-4-3-9-28-14/h3-9,11H,10H2,1-2H3,(H,21,25)(H,22,27). The SMILES string of the molecule is Cc1ccc(-n2c(=O)[nH]c3c(C(=O)NCc4ccco4)cn(C)c3c2=O)cc1. The van der Waals surface area contributed by atoms with Gasteiger partial charge >= 0.3 is 5.69 Å². The Labute approximate surface area is 159 Å². The fraction of sp³-hybridized carbons (Fsp3) is 0.150. The highest BCUT2D eigenvalue weighted by atomic mass is 16.3. The number of carbonyl (C=O) groups is 1. The molecular weight excluding hydrogens is 360 g/mol. The summed E-state index contributed by atoms with van der Waals surface area (Å²) in [7, 11) is 1.66. The Balaban J connectivity index is 1.79. The maximum atomic E-state index is 13.0. The van der Waals surface area contributed by atoms with Crippen molar-refractivity contribution in [2.75, 3.05) is 0 Å². The monoisotopic (exact) mass is 378 g/mol. The molecule has 0 fully saturated rings. The summed E-state index contributed by atoms with van der Waals surface area (Å²) in [6.07, 6.45) is 3.05. The molecule has 3 heterocycles. The number of nitrogens with one attached hydrogen (secondary N) is 2. The van der Waals surface area contributed by atoms with Crippen LogP contribution in [0, 0.1) is 6.92 Å². The van der Waals surface area contributed by atoms with E-state index in [2.05, 4.69) is 10.3 Å². The molecule has 142 valence electrons. The number of benzene rings is 1. The van der Waals surface area contributed by atoms with Crippen molar-refractivity contribution < 1.29 is 9.21 Å². The number of aromatic amines is 1. The normalized spacial score (nSPS) is 11.1. The van der Waals surface area contributed by atoms with E-state index in [1.807, 2.05) is 19.1 Å². The molecule has 0 bridgehead atoms. The lowest BCUT2D eigenvalue weighted by Gasteiger charge is -2.06. The van der Waals surface area contributed by atoms with Gasteiger partial charge in [0.1, 0.15) is 11.3 Å². The van der Waals surface area contributed by atoms with E-state index >= 15 is 0 Å². The third-order valence-corrected chi connectivity index (χ3v) is 4.56. The molecular formula is C20H18N4O4. The molecule has 0 aliphatic carbocycles. The first-order chi connectivity index (χ1) is 13.5. The fourth-order valence-corrected chi connectivity index (χ4v) is 3.15. The molecule has 2 N–H and O–H groups in total. The molecule has 1 aromatic carbocycles. The smallest absolute Gasteiger partial charge is 0.333 e. The van der Waals surface area contributed by atoms with E-state index < -0.39 is 17.2 Å². The predicted molar refractivity (Wildman–Crippen MR) is 104 cm³/mol. The molecule has 8 heteroatoms. The van der Waals surface area contributed by atoms with Gasteiger partial charge in [0.25, 0.3) is 11.5 Å². The van der Waals surface area contributed by atoms with Gasteiger partial charge in [-0.15, -0.1) is 0 Å². The largest absolute Gasteiger partial charge is 0.467 e. The van der Waals surface area contributed by atoms with E-state index in [9.17, 15) is 14.4 Å². The van der Waals surface area contributed by atoms with Gasteiger partial charge in [-0.1, -0.05) is 17.7 Å². The Kier molecular flexibility index (Phi) is 4.23. The van der Waals surface area contributed by atoms with E-state index in [1.54, 1.807) is 35.9 Å². The van der Waals surface area contributed by atoms with Crippen molar-refractivity contribution in [3.05, 3.63) is 86.6 Å². The van der Waals surface area contributed by atoms with Crippen LogP contribution in [0.1, 0.15) is 21.7 Å². The molecule has 1 amide bonds. The van der Waals surface area contributed by atoms with Crippen molar-refractivity contribution in [2.24, 2.45) is 7.05 Å². The van der Waals surface area contributed by atoms with Gasteiger partial charge in [0, 0.05) is 13.2 Å². The van der Waals surface area contributed by atoms with Gasteiger partial charge in [0.15, 0.2) is 0 Å². The van der Waals surface area contributed by atoms with E-state index in [-0.39, 0.29) is 23.1 Å². The first kappa shape index (κ1) is 17.6. The zero-order valence-corrected chi connectivity index (χ0v) is 15.4. The molecule has 4 aromatic rings. The summed E-state index contributed by atoms with van der Waals surface area (Å²) < 4.78 is 7.80. The first-order valence-corrected chi connectivity index (χ1v) is 8.67. The van der Waals surface area contributed by atoms with Crippen LogP contribution in [0.4, 0.5) is 0 Å². The quantitative estimate of drug-likeness (QED) is 0.566. The van der Waals surface area contributed by atoms with E-state index in [0.29, 0.717) is 11.4 Å². The number of furan rings is 1. The summed E-state index contributed by atoms with van der Waals surface area (Å²) in [6, 6.07) is 10.5. The number of carbonyl (C=O) groups excluding carboxylic acids is 1. The minimum Gasteiger partial charge on any atom is -0.467 e. The predicted octanol–water partition coefficient (Wildman–Crippen LogP) is 1.85. The van der Waals surface area contributed by atoms with Gasteiger partial charge in [0.05, 0.1) is 29.6 Å². The average molecular weight is 378 g/mol. The molecule has 8 nitrogen and oxygen atoms in total. The molecule has 0 aliphatic heterocycles. The maximum absolute atomic E-state index is 13.0. The highest BCUT2D eigenvalue weighted by Gasteiger charge is 2.20. The second kappa shape index (κ2) is 6.73. The average Bonchev–Trinajstić information content (AvgIpc) is 3.29. The summed E-state index contributed by atoms with van der Waals surface area (Å²) in [5.41, 5.74) is 1.05. The van der Waals surface area contributed by atoms with Gasteiger partial charge in [-0.2, -0.15) is 0 Å². The number of hydrogen-bond acceptors (Lipinski definition) is 4. The van der Waals surface area contributed by atoms with Crippen LogP contribution in [0.3, 0.4) is 0 Å². The lowest BCUT2D eigenvalue weighted by molar-refractivity contribution is 0.0949. The van der Waals surface area contributed by atoms with Crippen LogP contribution in [0.5, 0.6) is 0 Å². The Morgan fingerprint density at radius 1 is 1.18 bits per heavy atom. The number of aromatic nitrogens is 3. The number of nitrogens with zero attached hydrogens (tertiary/aromatic N) is 2. The van der Waals surface area contributed by atoms with E-state index in [4.69, 9.17) is 4.42 Å². The highest BCUT2D eigenvalue weighted by Crippen LogP contribution is 2.15. The van der Waals surface area contributed by atoms with Crippen molar-refractivity contribution in [2.45, 2.75) is 13.5 Å². The van der Waals surface area contributed by atoms with E-state index in [0.717, 1.165) is 10.1 Å². The highest BCUT2D eigenvalue weighted by molar-refractivity contribution is 6.05. The van der Waals surface area contributed by atoms with Crippen molar-refractivity contribution >= 4 is 16.9 Å². The first-order valence-electron chi connectivity index (χ1n) is 8.67. The van der Waals surface area contributed by atoms with Gasteiger partial charge in [-0.05, 0) is 31.2 Å². The Morgan fingerprint density at radius 3 is 2.61 bits per heavy atom. The van der Waals surface area contributed by atoms with Crippen LogP contribution in [0.15, 0.2) is 62.9 Å². The topological polar surface area (TPSA) is 102 Å². The zero-order valence-electron chi connectivity index (χ0n) is 15.4. The van der Waals surface area contributed by atoms with Gasteiger partial charge in [-0.3, -0.25) is 9.59 Å². The van der Waals surface area contributed by atoms with Crippen molar-refractivity contribution in [3.63, 3.8) is 0 Å². The van der Waals surface area contributed by atoms with Crippen LogP contribution in [-0.2, 0) is 13.6 Å². The summed E-state index contributed by atoms with van der Waals surface area (Å²) in [6.45, 7) is 2.12. The lowest BCUT2D eigenvalue weighted by Crippen LogP contribution is -2.34. The second-order valence-corrected chi connectivity index (χ2v) is 6.55. The molecule has 0 aliphatic rings. The molecule has 0 spiro atoms.